The molecule has 1 aromatic rings. The minimum atomic E-state index is -0.487. The van der Waals surface area contributed by atoms with Crippen molar-refractivity contribution < 1.29 is 9.59 Å². The summed E-state index contributed by atoms with van der Waals surface area (Å²) in [4.78, 5) is 22.5. The molecule has 0 aromatic heterocycles. The quantitative estimate of drug-likeness (QED) is 0.894. The van der Waals surface area contributed by atoms with Gasteiger partial charge in [0.05, 0.1) is 5.25 Å². The second-order valence-electron chi connectivity index (χ2n) is 3.65. The van der Waals surface area contributed by atoms with Gasteiger partial charge in [0.25, 0.3) is 0 Å². The number of benzene rings is 1. The third kappa shape index (κ3) is 4.98. The summed E-state index contributed by atoms with van der Waals surface area (Å²) in [5, 5.41) is 4.98. The smallest absolute Gasteiger partial charge is 0.321 e. The van der Waals surface area contributed by atoms with Crippen LogP contribution in [0.25, 0.3) is 0 Å². The van der Waals surface area contributed by atoms with Gasteiger partial charge in [0.1, 0.15) is 0 Å². The number of thioether (sulfide) groups is 1. The molecule has 18 heavy (non-hydrogen) atoms. The van der Waals surface area contributed by atoms with E-state index in [9.17, 15) is 9.59 Å². The van der Waals surface area contributed by atoms with E-state index < -0.39 is 6.03 Å². The monoisotopic (exact) mass is 286 g/mol. The minimum absolute atomic E-state index is 0.294. The summed E-state index contributed by atoms with van der Waals surface area (Å²) in [6, 6.07) is 6.97. The zero-order valence-corrected chi connectivity index (χ0v) is 11.8. The van der Waals surface area contributed by atoms with E-state index in [1.807, 2.05) is 24.3 Å². The van der Waals surface area contributed by atoms with E-state index in [0.29, 0.717) is 10.8 Å². The predicted molar refractivity (Wildman–Crippen MR) is 74.8 cm³/mol. The molecule has 0 bridgehead atoms. The van der Waals surface area contributed by atoms with Crippen molar-refractivity contribution in [2.45, 2.75) is 17.9 Å². The van der Waals surface area contributed by atoms with E-state index in [2.05, 4.69) is 10.6 Å². The maximum absolute atomic E-state index is 11.6. The van der Waals surface area contributed by atoms with Crippen molar-refractivity contribution in [1.29, 1.82) is 0 Å². The number of hydrogen-bond donors (Lipinski definition) is 2. The van der Waals surface area contributed by atoms with Crippen molar-refractivity contribution in [3.05, 3.63) is 34.9 Å². The normalized spacial score (nSPS) is 11.7. The van der Waals surface area contributed by atoms with Gasteiger partial charge in [0.15, 0.2) is 0 Å². The van der Waals surface area contributed by atoms with E-state index in [0.717, 1.165) is 5.56 Å². The maximum Gasteiger partial charge on any atom is 0.321 e. The number of rotatable bonds is 4. The average molecular weight is 287 g/mol. The van der Waals surface area contributed by atoms with Gasteiger partial charge < -0.3 is 5.32 Å². The molecule has 4 nitrogen and oxygen atoms in total. The van der Waals surface area contributed by atoms with Crippen LogP contribution in [-0.4, -0.2) is 24.2 Å². The van der Waals surface area contributed by atoms with Gasteiger partial charge in [-0.1, -0.05) is 23.7 Å². The lowest BCUT2D eigenvalue weighted by Crippen LogP contribution is -2.41. The zero-order valence-electron chi connectivity index (χ0n) is 10.2. The van der Waals surface area contributed by atoms with Crippen molar-refractivity contribution in [3.63, 3.8) is 0 Å². The first-order valence-electron chi connectivity index (χ1n) is 5.41. The number of hydrogen-bond acceptors (Lipinski definition) is 3. The molecule has 0 saturated heterocycles. The number of carbonyl (C=O) groups is 2. The lowest BCUT2D eigenvalue weighted by Gasteiger charge is -2.10. The van der Waals surface area contributed by atoms with E-state index in [4.69, 9.17) is 11.6 Å². The Morgan fingerprint density at radius 3 is 2.50 bits per heavy atom. The maximum atomic E-state index is 11.6. The van der Waals surface area contributed by atoms with E-state index in [1.54, 1.807) is 6.92 Å². The van der Waals surface area contributed by atoms with Crippen LogP contribution in [0.4, 0.5) is 4.79 Å². The van der Waals surface area contributed by atoms with Gasteiger partial charge in [-0.2, -0.15) is 0 Å². The van der Waals surface area contributed by atoms with Crippen LogP contribution in [0.1, 0.15) is 12.5 Å². The number of amides is 3. The summed E-state index contributed by atoms with van der Waals surface area (Å²) >= 11 is 7.24. The van der Waals surface area contributed by atoms with Gasteiger partial charge in [-0.3, -0.25) is 10.1 Å². The second kappa shape index (κ2) is 7.28. The Kier molecular flexibility index (Phi) is 6.01. The second-order valence-corrected chi connectivity index (χ2v) is 5.41. The Bertz CT molecular complexity index is 423. The fourth-order valence-corrected chi connectivity index (χ4v) is 2.12. The lowest BCUT2D eigenvalue weighted by atomic mass is 10.2. The highest BCUT2D eigenvalue weighted by Gasteiger charge is 2.15. The summed E-state index contributed by atoms with van der Waals surface area (Å²) in [6.45, 7) is 1.76. The summed E-state index contributed by atoms with van der Waals surface area (Å²) < 4.78 is 0. The fourth-order valence-electron chi connectivity index (χ4n) is 1.15. The van der Waals surface area contributed by atoms with E-state index in [-0.39, 0.29) is 11.2 Å². The number of nitrogens with one attached hydrogen (secondary N) is 2. The number of imide groups is 1. The highest BCUT2D eigenvalue weighted by Crippen LogP contribution is 2.19. The number of halogens is 1. The Morgan fingerprint density at radius 1 is 1.33 bits per heavy atom. The highest BCUT2D eigenvalue weighted by molar-refractivity contribution is 7.99. The summed E-state index contributed by atoms with van der Waals surface area (Å²) in [6.07, 6.45) is 0. The SMILES string of the molecule is CNC(=O)NC(=O)C(C)SCc1ccc(Cl)cc1. The third-order valence-electron chi connectivity index (χ3n) is 2.25. The average Bonchev–Trinajstić information content (AvgIpc) is 2.37. The molecule has 0 spiro atoms. The first kappa shape index (κ1) is 14.9. The standard InChI is InChI=1S/C12H15ClN2O2S/c1-8(11(16)15-12(17)14-2)18-7-9-3-5-10(13)6-4-9/h3-6,8H,7H2,1-2H3,(H2,14,15,16,17). The molecule has 6 heteroatoms. The van der Waals surface area contributed by atoms with Gasteiger partial charge in [0.2, 0.25) is 5.91 Å². The number of urea groups is 1. The molecule has 0 aliphatic carbocycles. The summed E-state index contributed by atoms with van der Waals surface area (Å²) in [7, 11) is 1.47. The van der Waals surface area contributed by atoms with Crippen LogP contribution in [0.3, 0.4) is 0 Å². The molecule has 0 radical (unpaired) electrons. The molecule has 0 fully saturated rings. The van der Waals surface area contributed by atoms with Crippen LogP contribution < -0.4 is 10.6 Å². The molecule has 2 N–H and O–H groups in total. The molecule has 0 saturated carbocycles. The molecule has 1 rings (SSSR count). The lowest BCUT2D eigenvalue weighted by molar-refractivity contribution is -0.119. The minimum Gasteiger partial charge on any atom is -0.341 e. The molecule has 1 aromatic carbocycles. The van der Waals surface area contributed by atoms with Crippen molar-refractivity contribution in [2.75, 3.05) is 7.05 Å². The molecule has 1 atom stereocenters. The van der Waals surface area contributed by atoms with Crippen LogP contribution in [0.5, 0.6) is 0 Å². The van der Waals surface area contributed by atoms with Crippen LogP contribution in [0.15, 0.2) is 24.3 Å². The van der Waals surface area contributed by atoms with Crippen molar-refractivity contribution in [1.82, 2.24) is 10.6 Å². The molecule has 3 amide bonds. The Morgan fingerprint density at radius 2 is 1.94 bits per heavy atom. The molecule has 0 aliphatic heterocycles. The first-order valence-corrected chi connectivity index (χ1v) is 6.84. The van der Waals surface area contributed by atoms with Crippen LogP contribution in [0, 0.1) is 0 Å². The third-order valence-corrected chi connectivity index (χ3v) is 3.71. The van der Waals surface area contributed by atoms with Crippen LogP contribution in [-0.2, 0) is 10.5 Å². The van der Waals surface area contributed by atoms with Crippen molar-refractivity contribution >= 4 is 35.3 Å². The van der Waals surface area contributed by atoms with Crippen LogP contribution >= 0.6 is 23.4 Å². The molecule has 98 valence electrons. The van der Waals surface area contributed by atoms with Gasteiger partial charge in [-0.15, -0.1) is 11.8 Å². The fraction of sp³-hybridized carbons (Fsp3) is 0.333. The van der Waals surface area contributed by atoms with Gasteiger partial charge in [-0.05, 0) is 24.6 Å². The van der Waals surface area contributed by atoms with Gasteiger partial charge >= 0.3 is 6.03 Å². The largest absolute Gasteiger partial charge is 0.341 e. The van der Waals surface area contributed by atoms with Gasteiger partial charge in [-0.25, -0.2) is 4.79 Å². The van der Waals surface area contributed by atoms with Crippen molar-refractivity contribution in [3.8, 4) is 0 Å². The predicted octanol–water partition coefficient (Wildman–Crippen LogP) is 2.42. The number of carbonyl (C=O) groups excluding carboxylic acids is 2. The molecule has 0 aliphatic rings. The summed E-state index contributed by atoms with van der Waals surface area (Å²) in [5.41, 5.74) is 1.09. The van der Waals surface area contributed by atoms with Crippen molar-refractivity contribution in [2.24, 2.45) is 0 Å². The summed E-state index contributed by atoms with van der Waals surface area (Å²) in [5.74, 6) is 0.396. The van der Waals surface area contributed by atoms with E-state index in [1.165, 1.54) is 18.8 Å². The highest BCUT2D eigenvalue weighted by atomic mass is 35.5. The first-order chi connectivity index (χ1) is 8.52. The van der Waals surface area contributed by atoms with E-state index >= 15 is 0 Å². The molecular weight excluding hydrogens is 272 g/mol. The van der Waals surface area contributed by atoms with Gasteiger partial charge in [0, 0.05) is 17.8 Å². The molecule has 1 unspecified atom stereocenters. The Labute approximate surface area is 115 Å². The Hall–Kier alpha value is -1.20. The topological polar surface area (TPSA) is 58.2 Å². The zero-order chi connectivity index (χ0) is 13.5. The molecule has 0 heterocycles. The molecular formula is C12H15ClN2O2S. The Balaban J connectivity index is 2.40. The van der Waals surface area contributed by atoms with Crippen LogP contribution in [0.2, 0.25) is 5.02 Å².